The lowest BCUT2D eigenvalue weighted by atomic mass is 9.99. The van der Waals surface area contributed by atoms with Crippen molar-refractivity contribution in [3.8, 4) is 0 Å². The second kappa shape index (κ2) is 5.41. The highest BCUT2D eigenvalue weighted by Crippen LogP contribution is 2.36. The van der Waals surface area contributed by atoms with Gasteiger partial charge in [-0.25, -0.2) is 4.98 Å². The Morgan fingerprint density at radius 3 is 2.94 bits per heavy atom. The summed E-state index contributed by atoms with van der Waals surface area (Å²) < 4.78 is 2.35. The van der Waals surface area contributed by atoms with E-state index in [-0.39, 0.29) is 0 Å². The first kappa shape index (κ1) is 12.2. The predicted molar refractivity (Wildman–Crippen MR) is 70.2 cm³/mol. The Kier molecular flexibility index (Phi) is 3.66. The van der Waals surface area contributed by atoms with Crippen molar-refractivity contribution in [1.82, 2.24) is 14.5 Å². The third kappa shape index (κ3) is 2.59. The minimum Gasteiger partial charge on any atom is -0.396 e. The molecule has 1 aromatic rings. The molecule has 0 spiro atoms. The molecule has 1 aromatic heterocycles. The lowest BCUT2D eigenvalue weighted by molar-refractivity contribution is 0.110. The molecule has 4 nitrogen and oxygen atoms in total. The van der Waals surface area contributed by atoms with E-state index in [1.165, 1.54) is 44.3 Å². The van der Waals surface area contributed by atoms with E-state index in [9.17, 15) is 5.11 Å². The van der Waals surface area contributed by atoms with E-state index in [4.69, 9.17) is 0 Å². The van der Waals surface area contributed by atoms with Crippen molar-refractivity contribution in [2.24, 2.45) is 0 Å². The molecular formula is C14H23N3O. The maximum absolute atomic E-state index is 9.17. The second-order valence-electron chi connectivity index (χ2n) is 5.66. The lowest BCUT2D eigenvalue weighted by Gasteiger charge is -2.35. The number of hydrogen-bond donors (Lipinski definition) is 1. The molecule has 1 saturated heterocycles. The molecule has 18 heavy (non-hydrogen) atoms. The molecule has 0 bridgehead atoms. The molecule has 1 aliphatic heterocycles. The first-order chi connectivity index (χ1) is 8.88. The largest absolute Gasteiger partial charge is 0.396 e. The number of aliphatic hydroxyl groups excluding tert-OH is 1. The monoisotopic (exact) mass is 249 g/mol. The Hall–Kier alpha value is -0.870. The zero-order valence-electron chi connectivity index (χ0n) is 11.0. The molecule has 2 aliphatic rings. The van der Waals surface area contributed by atoms with Crippen LogP contribution in [-0.2, 0) is 6.54 Å². The highest BCUT2D eigenvalue weighted by atomic mass is 16.3. The first-order valence-electron chi connectivity index (χ1n) is 7.24. The van der Waals surface area contributed by atoms with E-state index >= 15 is 0 Å². The van der Waals surface area contributed by atoms with Gasteiger partial charge >= 0.3 is 0 Å². The standard InChI is InChI=1S/C14H23N3O/c18-8-6-12-3-1-2-7-16(12)10-14-9-15-11-17(14)13-4-5-13/h9,11-13,18H,1-8,10H2. The van der Waals surface area contributed by atoms with Crippen molar-refractivity contribution in [1.29, 1.82) is 0 Å². The quantitative estimate of drug-likeness (QED) is 0.867. The van der Waals surface area contributed by atoms with Crippen LogP contribution >= 0.6 is 0 Å². The van der Waals surface area contributed by atoms with Crippen LogP contribution in [0.3, 0.4) is 0 Å². The van der Waals surface area contributed by atoms with E-state index in [1.807, 2.05) is 12.5 Å². The summed E-state index contributed by atoms with van der Waals surface area (Å²) in [5, 5.41) is 9.17. The van der Waals surface area contributed by atoms with Crippen LogP contribution in [0.1, 0.15) is 50.3 Å². The molecule has 1 unspecified atom stereocenters. The highest BCUT2D eigenvalue weighted by Gasteiger charge is 2.27. The van der Waals surface area contributed by atoms with Gasteiger partial charge in [0.25, 0.3) is 0 Å². The highest BCUT2D eigenvalue weighted by molar-refractivity contribution is 5.04. The number of hydrogen-bond acceptors (Lipinski definition) is 3. The number of aromatic nitrogens is 2. The van der Waals surface area contributed by atoms with Crippen LogP contribution in [0.2, 0.25) is 0 Å². The molecule has 4 heteroatoms. The Balaban J connectivity index is 1.67. The molecule has 3 rings (SSSR count). The predicted octanol–water partition coefficient (Wildman–Crippen LogP) is 1.95. The summed E-state index contributed by atoms with van der Waals surface area (Å²) in [7, 11) is 0. The number of nitrogens with zero attached hydrogens (tertiary/aromatic N) is 3. The van der Waals surface area contributed by atoms with Crippen LogP contribution in [0.25, 0.3) is 0 Å². The van der Waals surface area contributed by atoms with Gasteiger partial charge < -0.3 is 9.67 Å². The fourth-order valence-corrected chi connectivity index (χ4v) is 3.09. The number of imidazole rings is 1. The van der Waals surface area contributed by atoms with Crippen molar-refractivity contribution in [2.45, 2.75) is 57.2 Å². The van der Waals surface area contributed by atoms with Gasteiger partial charge in [-0.3, -0.25) is 4.90 Å². The van der Waals surface area contributed by atoms with Gasteiger partial charge in [-0.1, -0.05) is 6.42 Å². The molecule has 2 fully saturated rings. The molecule has 0 amide bonds. The Morgan fingerprint density at radius 2 is 2.17 bits per heavy atom. The van der Waals surface area contributed by atoms with E-state index < -0.39 is 0 Å². The van der Waals surface area contributed by atoms with E-state index in [1.54, 1.807) is 0 Å². The van der Waals surface area contributed by atoms with Crippen LogP contribution in [0.15, 0.2) is 12.5 Å². The summed E-state index contributed by atoms with van der Waals surface area (Å²) in [6, 6.07) is 1.27. The van der Waals surface area contributed by atoms with Crippen LogP contribution in [0.4, 0.5) is 0 Å². The lowest BCUT2D eigenvalue weighted by Crippen LogP contribution is -2.39. The molecule has 2 heterocycles. The third-order valence-corrected chi connectivity index (χ3v) is 4.26. The topological polar surface area (TPSA) is 41.3 Å². The van der Waals surface area contributed by atoms with Crippen LogP contribution in [-0.4, -0.2) is 38.8 Å². The molecule has 1 atom stereocenters. The van der Waals surface area contributed by atoms with Gasteiger partial charge in [-0.05, 0) is 38.6 Å². The Bertz CT molecular complexity index is 384. The Labute approximate surface area is 109 Å². The zero-order chi connectivity index (χ0) is 12.4. The average Bonchev–Trinajstić information content (AvgIpc) is 3.13. The Morgan fingerprint density at radius 1 is 1.28 bits per heavy atom. The SMILES string of the molecule is OCCC1CCCCN1Cc1cncn1C1CC1. The normalized spacial score (nSPS) is 25.5. The first-order valence-corrected chi connectivity index (χ1v) is 7.24. The van der Waals surface area contributed by atoms with Crippen molar-refractivity contribution >= 4 is 0 Å². The summed E-state index contributed by atoms with van der Waals surface area (Å²) in [4.78, 5) is 6.84. The summed E-state index contributed by atoms with van der Waals surface area (Å²) in [6.07, 6.45) is 11.4. The second-order valence-corrected chi connectivity index (χ2v) is 5.66. The van der Waals surface area contributed by atoms with Crippen LogP contribution in [0, 0.1) is 0 Å². The van der Waals surface area contributed by atoms with E-state index in [0.29, 0.717) is 18.7 Å². The molecule has 1 N–H and O–H groups in total. The average molecular weight is 249 g/mol. The molecule has 0 aromatic carbocycles. The summed E-state index contributed by atoms with van der Waals surface area (Å²) in [6.45, 7) is 2.48. The summed E-state index contributed by atoms with van der Waals surface area (Å²) >= 11 is 0. The molecule has 1 saturated carbocycles. The van der Waals surface area contributed by atoms with Crippen LogP contribution < -0.4 is 0 Å². The van der Waals surface area contributed by atoms with Crippen molar-refractivity contribution in [3.63, 3.8) is 0 Å². The van der Waals surface area contributed by atoms with E-state index in [0.717, 1.165) is 13.0 Å². The van der Waals surface area contributed by atoms with Crippen molar-refractivity contribution in [3.05, 3.63) is 18.2 Å². The van der Waals surface area contributed by atoms with Gasteiger partial charge in [0.1, 0.15) is 0 Å². The number of aliphatic hydroxyl groups is 1. The molecule has 0 radical (unpaired) electrons. The number of rotatable bonds is 5. The van der Waals surface area contributed by atoms with E-state index in [2.05, 4.69) is 14.5 Å². The number of piperidine rings is 1. The zero-order valence-corrected chi connectivity index (χ0v) is 11.0. The number of likely N-dealkylation sites (tertiary alicyclic amines) is 1. The van der Waals surface area contributed by atoms with Crippen LogP contribution in [0.5, 0.6) is 0 Å². The minimum atomic E-state index is 0.309. The fraction of sp³-hybridized carbons (Fsp3) is 0.786. The fourth-order valence-electron chi connectivity index (χ4n) is 3.09. The van der Waals surface area contributed by atoms with Gasteiger partial charge in [-0.2, -0.15) is 0 Å². The van der Waals surface area contributed by atoms with Gasteiger partial charge in [0.15, 0.2) is 0 Å². The molecular weight excluding hydrogens is 226 g/mol. The third-order valence-electron chi connectivity index (χ3n) is 4.26. The maximum atomic E-state index is 9.17. The smallest absolute Gasteiger partial charge is 0.0951 e. The molecule has 1 aliphatic carbocycles. The molecule has 100 valence electrons. The summed E-state index contributed by atoms with van der Waals surface area (Å²) in [5.41, 5.74) is 1.35. The van der Waals surface area contributed by atoms with Gasteiger partial charge in [0.05, 0.1) is 12.0 Å². The van der Waals surface area contributed by atoms with Gasteiger partial charge in [0, 0.05) is 31.4 Å². The summed E-state index contributed by atoms with van der Waals surface area (Å²) in [5.74, 6) is 0. The van der Waals surface area contributed by atoms with Crippen molar-refractivity contribution < 1.29 is 5.11 Å². The van der Waals surface area contributed by atoms with Gasteiger partial charge in [-0.15, -0.1) is 0 Å². The van der Waals surface area contributed by atoms with Gasteiger partial charge in [0.2, 0.25) is 0 Å². The minimum absolute atomic E-state index is 0.309. The maximum Gasteiger partial charge on any atom is 0.0951 e. The van der Waals surface area contributed by atoms with Crippen molar-refractivity contribution in [2.75, 3.05) is 13.2 Å².